The van der Waals surface area contributed by atoms with Crippen LogP contribution in [0.5, 0.6) is 5.75 Å². The lowest BCUT2D eigenvalue weighted by Gasteiger charge is -2.40. The minimum atomic E-state index is -1.15. The molecule has 0 radical (unpaired) electrons. The number of benzene rings is 1. The van der Waals surface area contributed by atoms with Crippen LogP contribution in [0.15, 0.2) is 18.2 Å². The van der Waals surface area contributed by atoms with Crippen LogP contribution in [0.4, 0.5) is 11.4 Å². The highest BCUT2D eigenvalue weighted by Gasteiger charge is 2.33. The number of rotatable bonds is 10. The third-order valence-corrected chi connectivity index (χ3v) is 4.38. The van der Waals surface area contributed by atoms with Crippen molar-refractivity contribution in [3.63, 3.8) is 0 Å². The van der Waals surface area contributed by atoms with Gasteiger partial charge in [0.05, 0.1) is 43.6 Å². The molecule has 0 atom stereocenters. The summed E-state index contributed by atoms with van der Waals surface area (Å²) in [7, 11) is 0. The van der Waals surface area contributed by atoms with Crippen LogP contribution in [0.1, 0.15) is 27.7 Å². The summed E-state index contributed by atoms with van der Waals surface area (Å²) in [5, 5.41) is 11.1. The highest BCUT2D eigenvalue weighted by atomic mass is 16.6. The lowest BCUT2D eigenvalue weighted by Crippen LogP contribution is -2.48. The third-order valence-electron chi connectivity index (χ3n) is 4.38. The van der Waals surface area contributed by atoms with Crippen molar-refractivity contribution in [2.75, 3.05) is 44.4 Å². The number of nitro groups is 1. The van der Waals surface area contributed by atoms with Crippen molar-refractivity contribution in [2.24, 2.45) is 5.92 Å². The molecule has 10 nitrogen and oxygen atoms in total. The van der Waals surface area contributed by atoms with E-state index in [0.717, 1.165) is 0 Å². The first-order valence-electron chi connectivity index (χ1n) is 9.82. The summed E-state index contributed by atoms with van der Waals surface area (Å²) in [6.07, 6.45) is 0. The molecule has 0 amide bonds. The second-order valence-electron chi connectivity index (χ2n) is 7.32. The molecule has 0 bridgehead atoms. The largest absolute Gasteiger partial charge is 0.484 e. The summed E-state index contributed by atoms with van der Waals surface area (Å²) in [6.45, 7) is 8.32. The van der Waals surface area contributed by atoms with Gasteiger partial charge in [0, 0.05) is 18.7 Å². The van der Waals surface area contributed by atoms with Crippen molar-refractivity contribution < 1.29 is 33.5 Å². The third kappa shape index (κ3) is 6.06. The molecule has 0 saturated heterocycles. The molecule has 0 unspecified atom stereocenters. The highest BCUT2D eigenvalue weighted by molar-refractivity contribution is 5.95. The van der Waals surface area contributed by atoms with Gasteiger partial charge in [-0.3, -0.25) is 19.7 Å². The number of nitro benzene ring substituents is 1. The van der Waals surface area contributed by atoms with E-state index in [1.165, 1.54) is 12.1 Å². The Morgan fingerprint density at radius 1 is 1.23 bits per heavy atom. The maximum absolute atomic E-state index is 12.0. The number of carbonyl (C=O) groups excluding carboxylic acids is 2. The predicted molar refractivity (Wildman–Crippen MR) is 108 cm³/mol. The molecule has 2 rings (SSSR count). The van der Waals surface area contributed by atoms with Crippen LogP contribution in [-0.2, 0) is 23.8 Å². The molecule has 1 aromatic rings. The first kappa shape index (κ1) is 23.4. The van der Waals surface area contributed by atoms with Gasteiger partial charge in [-0.15, -0.1) is 0 Å². The maximum Gasteiger partial charge on any atom is 0.322 e. The number of nitrogens with zero attached hydrogens (tertiary/aromatic N) is 2. The number of fused-ring (bicyclic) bond motifs is 1. The van der Waals surface area contributed by atoms with E-state index in [-0.39, 0.29) is 32.1 Å². The van der Waals surface area contributed by atoms with Crippen molar-refractivity contribution in [2.45, 2.75) is 33.3 Å². The molecule has 0 spiro atoms. The van der Waals surface area contributed by atoms with Gasteiger partial charge in [0.25, 0.3) is 5.69 Å². The molecule has 0 N–H and O–H groups in total. The number of esters is 2. The van der Waals surface area contributed by atoms with Crippen LogP contribution in [0, 0.1) is 16.0 Å². The van der Waals surface area contributed by atoms with Crippen LogP contribution in [0.3, 0.4) is 0 Å². The van der Waals surface area contributed by atoms with Gasteiger partial charge < -0.3 is 23.8 Å². The number of anilines is 1. The number of non-ortho nitro benzene ring substituents is 1. The fourth-order valence-corrected chi connectivity index (χ4v) is 3.12. The van der Waals surface area contributed by atoms with E-state index in [1.807, 2.05) is 18.7 Å². The second-order valence-corrected chi connectivity index (χ2v) is 7.32. The zero-order valence-corrected chi connectivity index (χ0v) is 17.7. The summed E-state index contributed by atoms with van der Waals surface area (Å²) < 4.78 is 21.3. The Balaban J connectivity index is 2.04. The van der Waals surface area contributed by atoms with Gasteiger partial charge in [-0.2, -0.15) is 0 Å². The van der Waals surface area contributed by atoms with Gasteiger partial charge in [-0.05, 0) is 33.8 Å². The molecule has 1 aromatic carbocycles. The van der Waals surface area contributed by atoms with Crippen molar-refractivity contribution in [1.82, 2.24) is 0 Å². The van der Waals surface area contributed by atoms with Gasteiger partial charge >= 0.3 is 11.9 Å². The number of ether oxygens (including phenoxy) is 4. The summed E-state index contributed by atoms with van der Waals surface area (Å²) in [6, 6.07) is 4.45. The molecule has 10 heteroatoms. The number of hydrogen-bond donors (Lipinski definition) is 0. The monoisotopic (exact) mass is 424 g/mol. The molecule has 0 fully saturated rings. The molecule has 0 aromatic heterocycles. The first-order chi connectivity index (χ1) is 14.2. The summed E-state index contributed by atoms with van der Waals surface area (Å²) in [5.74, 6) is -1.99. The average molecular weight is 424 g/mol. The van der Waals surface area contributed by atoms with Crippen molar-refractivity contribution in [3.05, 3.63) is 28.3 Å². The van der Waals surface area contributed by atoms with Gasteiger partial charge in [0.2, 0.25) is 0 Å². The fourth-order valence-electron chi connectivity index (χ4n) is 3.12. The maximum atomic E-state index is 12.0. The van der Waals surface area contributed by atoms with Crippen LogP contribution in [-0.4, -0.2) is 62.0 Å². The lowest BCUT2D eigenvalue weighted by atomic mass is 10.0. The topological polar surface area (TPSA) is 117 Å². The van der Waals surface area contributed by atoms with Gasteiger partial charge in [0.1, 0.15) is 11.4 Å². The van der Waals surface area contributed by atoms with Gasteiger partial charge in [0.15, 0.2) is 5.92 Å². The van der Waals surface area contributed by atoms with Crippen LogP contribution in [0.2, 0.25) is 0 Å². The minimum absolute atomic E-state index is 0.0346. The van der Waals surface area contributed by atoms with E-state index in [9.17, 15) is 19.7 Å². The molecule has 1 heterocycles. The molecular formula is C20H28N2O8. The SMILES string of the molecule is CCOC(=O)C(COCCN1CC(C)(C)Oc2ccc([N+](=O)[O-])cc21)C(=O)OCC. The lowest BCUT2D eigenvalue weighted by molar-refractivity contribution is -0.384. The zero-order chi connectivity index (χ0) is 22.3. The zero-order valence-electron chi connectivity index (χ0n) is 17.7. The standard InChI is InChI=1S/C20H28N2O8/c1-5-28-18(23)15(19(24)29-6-2)12-27-10-9-21-13-20(3,4)30-17-8-7-14(22(25)26)11-16(17)21/h7-8,11,15H,5-6,9-10,12-13H2,1-4H3. The Kier molecular flexibility index (Phi) is 7.99. The van der Waals surface area contributed by atoms with Gasteiger partial charge in [-0.25, -0.2) is 0 Å². The Bertz CT molecular complexity index is 762. The molecule has 0 saturated carbocycles. The quantitative estimate of drug-likeness (QED) is 0.183. The first-order valence-corrected chi connectivity index (χ1v) is 9.82. The van der Waals surface area contributed by atoms with Crippen LogP contribution >= 0.6 is 0 Å². The van der Waals surface area contributed by atoms with Crippen LogP contribution in [0.25, 0.3) is 0 Å². The molecule has 1 aliphatic rings. The molecule has 30 heavy (non-hydrogen) atoms. The van der Waals surface area contributed by atoms with E-state index in [1.54, 1.807) is 19.9 Å². The number of carbonyl (C=O) groups is 2. The Labute approximate surface area is 175 Å². The summed E-state index contributed by atoms with van der Waals surface area (Å²) in [4.78, 5) is 36.6. The predicted octanol–water partition coefficient (Wildman–Crippen LogP) is 2.33. The van der Waals surface area contributed by atoms with E-state index >= 15 is 0 Å². The van der Waals surface area contributed by atoms with E-state index in [0.29, 0.717) is 24.5 Å². The normalized spacial score (nSPS) is 14.6. The summed E-state index contributed by atoms with van der Waals surface area (Å²) in [5.41, 5.74) is 0.0637. The van der Waals surface area contributed by atoms with E-state index in [4.69, 9.17) is 18.9 Å². The van der Waals surface area contributed by atoms with E-state index < -0.39 is 28.4 Å². The molecule has 166 valence electrons. The smallest absolute Gasteiger partial charge is 0.322 e. The van der Waals surface area contributed by atoms with Crippen molar-refractivity contribution in [1.29, 1.82) is 0 Å². The van der Waals surface area contributed by atoms with E-state index in [2.05, 4.69) is 0 Å². The van der Waals surface area contributed by atoms with Crippen LogP contribution < -0.4 is 9.64 Å². The molecule has 0 aliphatic carbocycles. The average Bonchev–Trinajstić information content (AvgIpc) is 2.66. The number of hydrogen-bond acceptors (Lipinski definition) is 9. The highest BCUT2D eigenvalue weighted by Crippen LogP contribution is 2.39. The fraction of sp³-hybridized carbons (Fsp3) is 0.600. The minimum Gasteiger partial charge on any atom is -0.484 e. The molecular weight excluding hydrogens is 396 g/mol. The second kappa shape index (κ2) is 10.2. The molecule has 1 aliphatic heterocycles. The summed E-state index contributed by atoms with van der Waals surface area (Å²) >= 11 is 0. The van der Waals surface area contributed by atoms with Gasteiger partial charge in [-0.1, -0.05) is 0 Å². The Morgan fingerprint density at radius 3 is 2.43 bits per heavy atom. The van der Waals surface area contributed by atoms with Crippen molar-refractivity contribution >= 4 is 23.3 Å². The van der Waals surface area contributed by atoms with Crippen molar-refractivity contribution in [3.8, 4) is 5.75 Å². The Hall–Kier alpha value is -2.88. The Morgan fingerprint density at radius 2 is 1.87 bits per heavy atom.